The maximum absolute atomic E-state index is 14.1. The van der Waals surface area contributed by atoms with E-state index in [1.54, 1.807) is 12.1 Å². The Kier molecular flexibility index (Phi) is 4.79. The molecule has 0 amide bonds. The third-order valence-corrected chi connectivity index (χ3v) is 4.76. The van der Waals surface area contributed by atoms with Crippen molar-refractivity contribution >= 4 is 15.9 Å². The molecule has 0 saturated heterocycles. The van der Waals surface area contributed by atoms with E-state index in [1.165, 1.54) is 25.7 Å². The Balaban J connectivity index is 2.27. The van der Waals surface area contributed by atoms with Crippen LogP contribution in [0.2, 0.25) is 0 Å². The van der Waals surface area contributed by atoms with Crippen LogP contribution in [0.1, 0.15) is 44.2 Å². The molecular formula is C15H21BrFN. The first-order chi connectivity index (χ1) is 8.63. The molecule has 1 nitrogen and oxygen atoms in total. The third kappa shape index (κ3) is 2.94. The fourth-order valence-electron chi connectivity index (χ4n) is 3.21. The van der Waals surface area contributed by atoms with E-state index >= 15 is 0 Å². The summed E-state index contributed by atoms with van der Waals surface area (Å²) in [5, 5.41) is 3.32. The van der Waals surface area contributed by atoms with Crippen LogP contribution in [0.3, 0.4) is 0 Å². The normalized spacial score (nSPS) is 26.0. The second kappa shape index (κ2) is 6.16. The van der Waals surface area contributed by atoms with Crippen molar-refractivity contribution in [3.63, 3.8) is 0 Å². The molecule has 100 valence electrons. The number of halogens is 2. The van der Waals surface area contributed by atoms with Crippen LogP contribution in [0, 0.1) is 17.7 Å². The smallest absolute Gasteiger partial charge is 0.129 e. The van der Waals surface area contributed by atoms with Crippen LogP contribution < -0.4 is 5.32 Å². The van der Waals surface area contributed by atoms with Gasteiger partial charge in [0.25, 0.3) is 0 Å². The highest BCUT2D eigenvalue weighted by Gasteiger charge is 2.29. The maximum Gasteiger partial charge on any atom is 0.129 e. The lowest BCUT2D eigenvalue weighted by Crippen LogP contribution is -2.30. The molecule has 1 fully saturated rings. The van der Waals surface area contributed by atoms with Crippen molar-refractivity contribution in [2.75, 3.05) is 7.05 Å². The van der Waals surface area contributed by atoms with Crippen molar-refractivity contribution in [1.29, 1.82) is 0 Å². The highest BCUT2D eigenvalue weighted by atomic mass is 79.9. The van der Waals surface area contributed by atoms with Crippen LogP contribution in [0.5, 0.6) is 0 Å². The standard InChI is InChI=1S/C15H21BrFN/c1-10-5-3-6-11(9-10)15(18-2)14-12(16)7-4-8-13(14)17/h4,7-8,10-11,15,18H,3,5-6,9H2,1-2H3. The summed E-state index contributed by atoms with van der Waals surface area (Å²) in [7, 11) is 1.93. The van der Waals surface area contributed by atoms with Crippen molar-refractivity contribution in [3.05, 3.63) is 34.1 Å². The Labute approximate surface area is 117 Å². The Hall–Kier alpha value is -0.410. The first kappa shape index (κ1) is 14.0. The molecule has 0 heterocycles. The molecule has 0 radical (unpaired) electrons. The molecule has 1 saturated carbocycles. The second-order valence-electron chi connectivity index (χ2n) is 5.43. The zero-order valence-electron chi connectivity index (χ0n) is 11.0. The molecule has 18 heavy (non-hydrogen) atoms. The van der Waals surface area contributed by atoms with E-state index in [4.69, 9.17) is 0 Å². The van der Waals surface area contributed by atoms with Crippen molar-refractivity contribution in [1.82, 2.24) is 5.32 Å². The summed E-state index contributed by atoms with van der Waals surface area (Å²) in [4.78, 5) is 0. The maximum atomic E-state index is 14.1. The molecule has 1 aliphatic carbocycles. The molecule has 3 atom stereocenters. The van der Waals surface area contributed by atoms with Crippen LogP contribution in [-0.2, 0) is 0 Å². The molecule has 0 spiro atoms. The van der Waals surface area contributed by atoms with E-state index < -0.39 is 0 Å². The highest BCUT2D eigenvalue weighted by Crippen LogP contribution is 2.39. The first-order valence-corrected chi connectivity index (χ1v) is 7.54. The minimum absolute atomic E-state index is 0.109. The molecular weight excluding hydrogens is 293 g/mol. The van der Waals surface area contributed by atoms with Crippen molar-refractivity contribution in [3.8, 4) is 0 Å². The van der Waals surface area contributed by atoms with Gasteiger partial charge in [0.05, 0.1) is 0 Å². The van der Waals surface area contributed by atoms with E-state index in [0.717, 1.165) is 16.0 Å². The summed E-state index contributed by atoms with van der Waals surface area (Å²) in [6.07, 6.45) is 4.95. The van der Waals surface area contributed by atoms with Crippen molar-refractivity contribution in [2.45, 2.75) is 38.6 Å². The van der Waals surface area contributed by atoms with Crippen molar-refractivity contribution < 1.29 is 4.39 Å². The van der Waals surface area contributed by atoms with Gasteiger partial charge in [-0.05, 0) is 43.9 Å². The highest BCUT2D eigenvalue weighted by molar-refractivity contribution is 9.10. The topological polar surface area (TPSA) is 12.0 Å². The summed E-state index contributed by atoms with van der Waals surface area (Å²) < 4.78 is 14.9. The Morgan fingerprint density at radius 2 is 2.17 bits per heavy atom. The molecule has 1 aliphatic rings. The summed E-state index contributed by atoms with van der Waals surface area (Å²) in [6, 6.07) is 5.34. The van der Waals surface area contributed by atoms with Gasteiger partial charge in [0.15, 0.2) is 0 Å². The van der Waals surface area contributed by atoms with Crippen LogP contribution >= 0.6 is 15.9 Å². The van der Waals surface area contributed by atoms with Crippen molar-refractivity contribution in [2.24, 2.45) is 11.8 Å². The SMILES string of the molecule is CNC(c1c(F)cccc1Br)C1CCCC(C)C1. The molecule has 3 heteroatoms. The number of rotatable bonds is 3. The fraction of sp³-hybridized carbons (Fsp3) is 0.600. The lowest BCUT2D eigenvalue weighted by atomic mass is 9.76. The lowest BCUT2D eigenvalue weighted by Gasteiger charge is -2.34. The summed E-state index contributed by atoms with van der Waals surface area (Å²) in [5.74, 6) is 1.18. The minimum Gasteiger partial charge on any atom is -0.313 e. The fourth-order valence-corrected chi connectivity index (χ4v) is 3.80. The molecule has 1 N–H and O–H groups in total. The lowest BCUT2D eigenvalue weighted by molar-refractivity contribution is 0.226. The van der Waals surface area contributed by atoms with E-state index in [0.29, 0.717) is 5.92 Å². The average molecular weight is 314 g/mol. The molecule has 0 aromatic heterocycles. The van der Waals surface area contributed by atoms with Crippen LogP contribution in [0.25, 0.3) is 0 Å². The van der Waals surface area contributed by atoms with E-state index in [1.807, 2.05) is 13.1 Å². The van der Waals surface area contributed by atoms with E-state index in [-0.39, 0.29) is 11.9 Å². The first-order valence-electron chi connectivity index (χ1n) is 6.74. The van der Waals surface area contributed by atoms with Gasteiger partial charge in [0.1, 0.15) is 5.82 Å². The number of benzene rings is 1. The minimum atomic E-state index is -0.109. The quantitative estimate of drug-likeness (QED) is 0.854. The third-order valence-electron chi connectivity index (χ3n) is 4.07. The predicted octanol–water partition coefficient (Wildman–Crippen LogP) is 4.68. The molecule has 1 aromatic rings. The van der Waals surface area contributed by atoms with Gasteiger partial charge >= 0.3 is 0 Å². The van der Waals surface area contributed by atoms with Gasteiger partial charge in [-0.1, -0.05) is 41.8 Å². The Morgan fingerprint density at radius 3 is 2.78 bits per heavy atom. The molecule has 0 aliphatic heterocycles. The summed E-state index contributed by atoms with van der Waals surface area (Å²) in [5.41, 5.74) is 0.791. The Morgan fingerprint density at radius 1 is 1.39 bits per heavy atom. The summed E-state index contributed by atoms with van der Waals surface area (Å²) >= 11 is 3.49. The van der Waals surface area contributed by atoms with Gasteiger partial charge in [0.2, 0.25) is 0 Å². The van der Waals surface area contributed by atoms with E-state index in [2.05, 4.69) is 28.2 Å². The van der Waals surface area contributed by atoms with Crippen LogP contribution in [0.4, 0.5) is 4.39 Å². The van der Waals surface area contributed by atoms with Gasteiger partial charge in [-0.3, -0.25) is 0 Å². The zero-order chi connectivity index (χ0) is 13.1. The monoisotopic (exact) mass is 313 g/mol. The van der Waals surface area contributed by atoms with Gasteiger partial charge in [-0.15, -0.1) is 0 Å². The predicted molar refractivity (Wildman–Crippen MR) is 77.0 cm³/mol. The summed E-state index contributed by atoms with van der Waals surface area (Å²) in [6.45, 7) is 2.30. The Bertz CT molecular complexity index is 387. The van der Waals surface area contributed by atoms with Gasteiger partial charge in [-0.2, -0.15) is 0 Å². The molecule has 0 bridgehead atoms. The van der Waals surface area contributed by atoms with E-state index in [9.17, 15) is 4.39 Å². The average Bonchev–Trinajstić information content (AvgIpc) is 2.34. The number of hydrogen-bond donors (Lipinski definition) is 1. The largest absolute Gasteiger partial charge is 0.313 e. The van der Waals surface area contributed by atoms with Gasteiger partial charge < -0.3 is 5.32 Å². The molecule has 1 aromatic carbocycles. The zero-order valence-corrected chi connectivity index (χ0v) is 12.6. The molecule has 2 rings (SSSR count). The molecule has 3 unspecified atom stereocenters. The van der Waals surface area contributed by atoms with Gasteiger partial charge in [0, 0.05) is 16.1 Å². The number of hydrogen-bond acceptors (Lipinski definition) is 1. The number of nitrogens with one attached hydrogen (secondary N) is 1. The van der Waals surface area contributed by atoms with Crippen LogP contribution in [0.15, 0.2) is 22.7 Å². The van der Waals surface area contributed by atoms with Crippen LogP contribution in [-0.4, -0.2) is 7.05 Å². The second-order valence-corrected chi connectivity index (χ2v) is 6.29. The van der Waals surface area contributed by atoms with Gasteiger partial charge in [-0.25, -0.2) is 4.39 Å².